The van der Waals surface area contributed by atoms with Gasteiger partial charge in [-0.2, -0.15) is 0 Å². The quantitative estimate of drug-likeness (QED) is 0.397. The van der Waals surface area contributed by atoms with E-state index in [1.54, 1.807) is 0 Å². The number of para-hydroxylation sites is 1. The molecule has 1 atom stereocenters. The summed E-state index contributed by atoms with van der Waals surface area (Å²) in [6.45, 7) is 2.03. The molecular formula is C10H9IN2. The summed E-state index contributed by atoms with van der Waals surface area (Å²) < 4.78 is -0.212. The zero-order chi connectivity index (χ0) is 9.31. The van der Waals surface area contributed by atoms with Crippen molar-refractivity contribution in [1.82, 2.24) is 0 Å². The van der Waals surface area contributed by atoms with Crippen LogP contribution >= 0.6 is 22.6 Å². The molecule has 0 spiro atoms. The van der Waals surface area contributed by atoms with E-state index in [1.807, 2.05) is 43.6 Å². The molecule has 1 unspecified atom stereocenters. The van der Waals surface area contributed by atoms with E-state index in [1.165, 1.54) is 0 Å². The number of alkyl halides is 1. The number of fused-ring (bicyclic) bond motifs is 1. The summed E-state index contributed by atoms with van der Waals surface area (Å²) in [6.07, 6.45) is 3.75. The minimum atomic E-state index is -0.212. The van der Waals surface area contributed by atoms with Crippen LogP contribution in [-0.2, 0) is 0 Å². The van der Waals surface area contributed by atoms with Gasteiger partial charge in [0.1, 0.15) is 3.55 Å². The molecule has 2 rings (SSSR count). The molecule has 13 heavy (non-hydrogen) atoms. The first kappa shape index (κ1) is 8.87. The van der Waals surface area contributed by atoms with Gasteiger partial charge in [-0.1, -0.05) is 18.2 Å². The molecule has 1 aromatic rings. The molecular weight excluding hydrogens is 275 g/mol. The highest BCUT2D eigenvalue weighted by Gasteiger charge is 2.16. The Balaban J connectivity index is 2.53. The number of aliphatic imine (C=N–C) groups is 2. The molecule has 2 nitrogen and oxygen atoms in total. The van der Waals surface area contributed by atoms with Gasteiger partial charge in [0.05, 0.1) is 5.69 Å². The molecule has 0 radical (unpaired) electrons. The lowest BCUT2D eigenvalue weighted by Crippen LogP contribution is -2.12. The smallest absolute Gasteiger partial charge is 0.143 e. The summed E-state index contributed by atoms with van der Waals surface area (Å²) in [6, 6.07) is 8.00. The number of hydrogen-bond acceptors (Lipinski definition) is 2. The molecule has 66 valence electrons. The van der Waals surface area contributed by atoms with Crippen LogP contribution in [-0.4, -0.2) is 16.0 Å². The fourth-order valence-corrected chi connectivity index (χ4v) is 1.41. The third-order valence-electron chi connectivity index (χ3n) is 1.83. The average molecular weight is 284 g/mol. The van der Waals surface area contributed by atoms with E-state index >= 15 is 0 Å². The maximum absolute atomic E-state index is 4.41. The van der Waals surface area contributed by atoms with Gasteiger partial charge in [-0.3, -0.25) is 9.98 Å². The molecule has 0 saturated heterocycles. The fraction of sp³-hybridized carbons (Fsp3) is 0.200. The summed E-state index contributed by atoms with van der Waals surface area (Å²) in [5.41, 5.74) is 2.07. The highest BCUT2D eigenvalue weighted by atomic mass is 127. The second kappa shape index (κ2) is 3.21. The van der Waals surface area contributed by atoms with Crippen molar-refractivity contribution in [2.45, 2.75) is 10.5 Å². The average Bonchev–Trinajstić information content (AvgIpc) is 2.27. The zero-order valence-corrected chi connectivity index (χ0v) is 9.39. The van der Waals surface area contributed by atoms with Crippen molar-refractivity contribution in [2.75, 3.05) is 0 Å². The monoisotopic (exact) mass is 284 g/mol. The SMILES string of the molecule is CC1(I)C=Nc2ccccc2C=N1. The second-order valence-corrected chi connectivity index (χ2v) is 5.28. The number of halogens is 1. The Hall–Kier alpha value is -0.710. The highest BCUT2D eigenvalue weighted by molar-refractivity contribution is 14.1. The molecule has 0 saturated carbocycles. The van der Waals surface area contributed by atoms with Gasteiger partial charge in [0, 0.05) is 18.0 Å². The first-order valence-corrected chi connectivity index (χ1v) is 5.14. The predicted molar refractivity (Wildman–Crippen MR) is 64.6 cm³/mol. The molecule has 3 heteroatoms. The first-order chi connectivity index (χ1) is 6.17. The van der Waals surface area contributed by atoms with Crippen LogP contribution < -0.4 is 0 Å². The molecule has 0 bridgehead atoms. The van der Waals surface area contributed by atoms with Crippen LogP contribution in [0.25, 0.3) is 0 Å². The van der Waals surface area contributed by atoms with E-state index in [4.69, 9.17) is 0 Å². The molecule has 0 aliphatic carbocycles. The van der Waals surface area contributed by atoms with Gasteiger partial charge in [-0.25, -0.2) is 0 Å². The second-order valence-electron chi connectivity index (χ2n) is 3.10. The van der Waals surface area contributed by atoms with Crippen molar-refractivity contribution in [3.63, 3.8) is 0 Å². The van der Waals surface area contributed by atoms with Gasteiger partial charge in [0.25, 0.3) is 0 Å². The summed E-state index contributed by atoms with van der Waals surface area (Å²) >= 11 is 2.27. The largest absolute Gasteiger partial charge is 0.270 e. The molecule has 1 aromatic carbocycles. The number of hydrogen-bond donors (Lipinski definition) is 0. The maximum atomic E-state index is 4.41. The molecule has 0 fully saturated rings. The third-order valence-corrected chi connectivity index (χ3v) is 2.39. The van der Waals surface area contributed by atoms with Gasteiger partial charge in [0.2, 0.25) is 0 Å². The molecule has 0 aromatic heterocycles. The molecule has 0 N–H and O–H groups in total. The van der Waals surface area contributed by atoms with Crippen molar-refractivity contribution >= 4 is 40.7 Å². The molecule has 0 amide bonds. The molecule has 1 aliphatic heterocycles. The van der Waals surface area contributed by atoms with Gasteiger partial charge < -0.3 is 0 Å². The lowest BCUT2D eigenvalue weighted by Gasteiger charge is -2.07. The summed E-state index contributed by atoms with van der Waals surface area (Å²) in [5.74, 6) is 0. The normalized spacial score (nSPS) is 25.4. The standard InChI is InChI=1S/C10H9IN2/c1-10(11)7-12-9-5-3-2-4-8(9)6-13-10/h2-7H,1H3. The van der Waals surface area contributed by atoms with E-state index in [9.17, 15) is 0 Å². The van der Waals surface area contributed by atoms with Crippen LogP contribution in [0.5, 0.6) is 0 Å². The van der Waals surface area contributed by atoms with Crippen LogP contribution in [0, 0.1) is 0 Å². The van der Waals surface area contributed by atoms with E-state index < -0.39 is 0 Å². The van der Waals surface area contributed by atoms with E-state index in [0.29, 0.717) is 0 Å². The lowest BCUT2D eigenvalue weighted by atomic mass is 10.2. The predicted octanol–water partition coefficient (Wildman–Crippen LogP) is 2.97. The summed E-state index contributed by atoms with van der Waals surface area (Å²) in [5, 5.41) is 0. The fourth-order valence-electron chi connectivity index (χ4n) is 1.13. The van der Waals surface area contributed by atoms with Gasteiger partial charge in [-0.05, 0) is 35.6 Å². The first-order valence-electron chi connectivity index (χ1n) is 4.06. The minimum absolute atomic E-state index is 0.212. The lowest BCUT2D eigenvalue weighted by molar-refractivity contribution is 0.971. The van der Waals surface area contributed by atoms with E-state index in [-0.39, 0.29) is 3.55 Å². The van der Waals surface area contributed by atoms with Crippen LogP contribution in [0.15, 0.2) is 34.3 Å². The Bertz CT molecular complexity index is 345. The van der Waals surface area contributed by atoms with Crippen molar-refractivity contribution < 1.29 is 0 Å². The Kier molecular flexibility index (Phi) is 2.19. The van der Waals surface area contributed by atoms with Crippen molar-refractivity contribution in [3.8, 4) is 0 Å². The Morgan fingerprint density at radius 1 is 1.31 bits per heavy atom. The summed E-state index contributed by atoms with van der Waals surface area (Å²) in [7, 11) is 0. The van der Waals surface area contributed by atoms with Crippen LogP contribution in [0.1, 0.15) is 12.5 Å². The molecule has 1 heterocycles. The van der Waals surface area contributed by atoms with Gasteiger partial charge in [0.15, 0.2) is 0 Å². The van der Waals surface area contributed by atoms with E-state index in [2.05, 4.69) is 32.6 Å². The van der Waals surface area contributed by atoms with Crippen molar-refractivity contribution in [2.24, 2.45) is 9.98 Å². The molecule has 1 aliphatic rings. The van der Waals surface area contributed by atoms with Crippen LogP contribution in [0.4, 0.5) is 5.69 Å². The van der Waals surface area contributed by atoms with Crippen LogP contribution in [0.2, 0.25) is 0 Å². The number of rotatable bonds is 0. The zero-order valence-electron chi connectivity index (χ0n) is 7.24. The van der Waals surface area contributed by atoms with Gasteiger partial charge in [-0.15, -0.1) is 0 Å². The van der Waals surface area contributed by atoms with E-state index in [0.717, 1.165) is 11.3 Å². The number of benzene rings is 1. The maximum Gasteiger partial charge on any atom is 0.143 e. The minimum Gasteiger partial charge on any atom is -0.270 e. The van der Waals surface area contributed by atoms with Crippen molar-refractivity contribution in [1.29, 1.82) is 0 Å². The van der Waals surface area contributed by atoms with Crippen molar-refractivity contribution in [3.05, 3.63) is 29.8 Å². The Labute approximate surface area is 90.9 Å². The summed E-state index contributed by atoms with van der Waals surface area (Å²) in [4.78, 5) is 8.79. The Morgan fingerprint density at radius 3 is 2.92 bits per heavy atom. The van der Waals surface area contributed by atoms with Crippen LogP contribution in [0.3, 0.4) is 0 Å². The Morgan fingerprint density at radius 2 is 2.08 bits per heavy atom. The topological polar surface area (TPSA) is 24.7 Å². The number of nitrogens with zero attached hydrogens (tertiary/aromatic N) is 2. The highest BCUT2D eigenvalue weighted by Crippen LogP contribution is 2.25. The third kappa shape index (κ3) is 1.96. The van der Waals surface area contributed by atoms with Gasteiger partial charge >= 0.3 is 0 Å².